The van der Waals surface area contributed by atoms with E-state index in [0.29, 0.717) is 29.7 Å². The Morgan fingerprint density at radius 2 is 2.32 bits per heavy atom. The van der Waals surface area contributed by atoms with Crippen molar-refractivity contribution in [1.29, 1.82) is 0 Å². The summed E-state index contributed by atoms with van der Waals surface area (Å²) in [5.41, 5.74) is 1.22. The van der Waals surface area contributed by atoms with Crippen LogP contribution in [0.1, 0.15) is 25.5 Å². The first-order valence-corrected chi connectivity index (χ1v) is 7.23. The number of carboxylic acid groups (broad SMARTS) is 1. The van der Waals surface area contributed by atoms with Crippen LogP contribution in [-0.4, -0.2) is 33.0 Å². The Labute approximate surface area is 127 Å². The lowest BCUT2D eigenvalue weighted by molar-refractivity contribution is -0.143. The summed E-state index contributed by atoms with van der Waals surface area (Å²) in [4.78, 5) is 17.5. The Hall–Kier alpha value is -2.21. The highest BCUT2D eigenvalue weighted by atomic mass is 19.1. The minimum atomic E-state index is -0.847. The van der Waals surface area contributed by atoms with E-state index in [1.807, 2.05) is 4.90 Å². The molecule has 6 heteroatoms. The number of aliphatic carboxylic acids is 1. The number of nitrogens with zero attached hydrogens (tertiary/aromatic N) is 2. The van der Waals surface area contributed by atoms with Crippen molar-refractivity contribution in [2.24, 2.45) is 0 Å². The third kappa shape index (κ3) is 3.17. The molecule has 0 saturated heterocycles. The molecular weight excluding hydrogens is 287 g/mol. The van der Waals surface area contributed by atoms with Crippen molar-refractivity contribution in [3.05, 3.63) is 42.0 Å². The molecule has 2 aromatic rings. The van der Waals surface area contributed by atoms with Gasteiger partial charge in [-0.25, -0.2) is 9.37 Å². The number of benzene rings is 1. The quantitative estimate of drug-likeness (QED) is 0.889. The largest absolute Gasteiger partial charge is 0.480 e. The van der Waals surface area contributed by atoms with Gasteiger partial charge in [-0.2, -0.15) is 0 Å². The Balaban J connectivity index is 1.77. The summed E-state index contributed by atoms with van der Waals surface area (Å²) in [7, 11) is 0. The highest BCUT2D eigenvalue weighted by Gasteiger charge is 2.35. The van der Waals surface area contributed by atoms with E-state index in [2.05, 4.69) is 4.98 Å². The maximum Gasteiger partial charge on any atom is 0.320 e. The first-order chi connectivity index (χ1) is 10.5. The molecule has 0 spiro atoms. The van der Waals surface area contributed by atoms with Crippen molar-refractivity contribution in [2.45, 2.75) is 38.4 Å². The van der Waals surface area contributed by atoms with E-state index < -0.39 is 12.0 Å². The predicted octanol–water partition coefficient (Wildman–Crippen LogP) is 2.92. The zero-order valence-electron chi connectivity index (χ0n) is 12.2. The number of oxazole rings is 1. The molecule has 1 unspecified atom stereocenters. The number of halogens is 1. The van der Waals surface area contributed by atoms with Gasteiger partial charge < -0.3 is 9.52 Å². The average Bonchev–Trinajstić information content (AvgIpc) is 3.22. The predicted molar refractivity (Wildman–Crippen MR) is 77.6 cm³/mol. The van der Waals surface area contributed by atoms with Gasteiger partial charge in [0.15, 0.2) is 0 Å². The minimum absolute atomic E-state index is 0.292. The second-order valence-corrected chi connectivity index (χ2v) is 5.57. The molecule has 1 aliphatic carbocycles. The zero-order valence-corrected chi connectivity index (χ0v) is 12.2. The molecule has 0 radical (unpaired) electrons. The first-order valence-electron chi connectivity index (χ1n) is 7.23. The standard InChI is InChI=1S/C16H17FN2O3/c1-10(16(20)21)19(14-5-6-14)8-13-9-22-15(18-13)11-3-2-4-12(17)7-11/h2-4,7,9-10,14H,5-6,8H2,1H3,(H,20,21). The van der Waals surface area contributed by atoms with Gasteiger partial charge in [0.2, 0.25) is 5.89 Å². The Bertz CT molecular complexity index is 682. The normalized spacial score (nSPS) is 16.0. The topological polar surface area (TPSA) is 66.6 Å². The maximum atomic E-state index is 13.2. The molecule has 0 aliphatic heterocycles. The van der Waals surface area contributed by atoms with Gasteiger partial charge in [0.1, 0.15) is 18.1 Å². The Morgan fingerprint density at radius 1 is 1.55 bits per heavy atom. The lowest BCUT2D eigenvalue weighted by Gasteiger charge is -2.24. The van der Waals surface area contributed by atoms with E-state index >= 15 is 0 Å². The van der Waals surface area contributed by atoms with Crippen LogP contribution in [0.3, 0.4) is 0 Å². The van der Waals surface area contributed by atoms with Crippen LogP contribution in [0.15, 0.2) is 34.9 Å². The SMILES string of the molecule is CC(C(=O)O)N(Cc1coc(-c2cccc(F)c2)n1)C1CC1. The molecule has 22 heavy (non-hydrogen) atoms. The van der Waals surface area contributed by atoms with E-state index in [9.17, 15) is 14.3 Å². The molecular formula is C16H17FN2O3. The summed E-state index contributed by atoms with van der Waals surface area (Å²) in [6.07, 6.45) is 3.52. The van der Waals surface area contributed by atoms with E-state index in [0.717, 1.165) is 12.8 Å². The van der Waals surface area contributed by atoms with Crippen molar-refractivity contribution in [3.8, 4) is 11.5 Å². The van der Waals surface area contributed by atoms with Crippen LogP contribution < -0.4 is 0 Å². The minimum Gasteiger partial charge on any atom is -0.480 e. The molecule has 116 valence electrons. The van der Waals surface area contributed by atoms with Gasteiger partial charge in [0.05, 0.1) is 5.69 Å². The summed E-state index contributed by atoms with van der Waals surface area (Å²) >= 11 is 0. The summed E-state index contributed by atoms with van der Waals surface area (Å²) in [6.45, 7) is 2.09. The van der Waals surface area contributed by atoms with E-state index in [1.54, 1.807) is 19.1 Å². The van der Waals surface area contributed by atoms with E-state index in [-0.39, 0.29) is 5.82 Å². The summed E-state index contributed by atoms with van der Waals surface area (Å²) in [6, 6.07) is 5.75. The van der Waals surface area contributed by atoms with Crippen LogP contribution in [0, 0.1) is 5.82 Å². The Morgan fingerprint density at radius 3 is 2.95 bits per heavy atom. The molecule has 0 amide bonds. The third-order valence-corrected chi connectivity index (χ3v) is 3.84. The summed E-state index contributed by atoms with van der Waals surface area (Å²) < 4.78 is 18.6. The van der Waals surface area contributed by atoms with Gasteiger partial charge in [-0.1, -0.05) is 6.07 Å². The first kappa shape index (κ1) is 14.7. The summed E-state index contributed by atoms with van der Waals surface area (Å²) in [5, 5.41) is 9.19. The number of hydrogen-bond acceptors (Lipinski definition) is 4. The van der Waals surface area contributed by atoms with Crippen molar-refractivity contribution in [3.63, 3.8) is 0 Å². The second kappa shape index (κ2) is 5.88. The van der Waals surface area contributed by atoms with Crippen LogP contribution in [-0.2, 0) is 11.3 Å². The third-order valence-electron chi connectivity index (χ3n) is 3.84. The molecule has 1 N–H and O–H groups in total. The van der Waals surface area contributed by atoms with Crippen LogP contribution in [0.4, 0.5) is 4.39 Å². The molecule has 1 aliphatic rings. The zero-order chi connectivity index (χ0) is 15.7. The van der Waals surface area contributed by atoms with E-state index in [1.165, 1.54) is 18.4 Å². The highest BCUT2D eigenvalue weighted by Crippen LogP contribution is 2.30. The number of hydrogen-bond donors (Lipinski definition) is 1. The van der Waals surface area contributed by atoms with Crippen molar-refractivity contribution in [2.75, 3.05) is 0 Å². The van der Waals surface area contributed by atoms with E-state index in [4.69, 9.17) is 4.42 Å². The molecule has 1 heterocycles. The van der Waals surface area contributed by atoms with Crippen molar-refractivity contribution in [1.82, 2.24) is 9.88 Å². The summed E-state index contributed by atoms with van der Waals surface area (Å²) in [5.74, 6) is -0.856. The van der Waals surface area contributed by atoms with Crippen LogP contribution in [0.2, 0.25) is 0 Å². The number of carboxylic acids is 1. The van der Waals surface area contributed by atoms with Gasteiger partial charge in [-0.15, -0.1) is 0 Å². The molecule has 1 fully saturated rings. The van der Waals surface area contributed by atoms with Crippen LogP contribution >= 0.6 is 0 Å². The van der Waals surface area contributed by atoms with Gasteiger partial charge in [0, 0.05) is 18.2 Å². The van der Waals surface area contributed by atoms with Crippen LogP contribution in [0.5, 0.6) is 0 Å². The molecule has 0 bridgehead atoms. The lowest BCUT2D eigenvalue weighted by Crippen LogP contribution is -2.40. The van der Waals surface area contributed by atoms with Gasteiger partial charge in [-0.05, 0) is 38.0 Å². The fraction of sp³-hybridized carbons (Fsp3) is 0.375. The average molecular weight is 304 g/mol. The lowest BCUT2D eigenvalue weighted by atomic mass is 10.2. The monoisotopic (exact) mass is 304 g/mol. The number of carbonyl (C=O) groups is 1. The molecule has 1 atom stereocenters. The molecule has 1 saturated carbocycles. The molecule has 3 rings (SSSR count). The van der Waals surface area contributed by atoms with Gasteiger partial charge >= 0.3 is 5.97 Å². The van der Waals surface area contributed by atoms with Crippen molar-refractivity contribution < 1.29 is 18.7 Å². The fourth-order valence-corrected chi connectivity index (χ4v) is 2.45. The number of aromatic nitrogens is 1. The van der Waals surface area contributed by atoms with Gasteiger partial charge in [-0.3, -0.25) is 9.69 Å². The fourth-order valence-electron chi connectivity index (χ4n) is 2.45. The van der Waals surface area contributed by atoms with Crippen molar-refractivity contribution >= 4 is 5.97 Å². The Kier molecular flexibility index (Phi) is 3.94. The molecule has 1 aromatic heterocycles. The second-order valence-electron chi connectivity index (χ2n) is 5.57. The molecule has 5 nitrogen and oxygen atoms in total. The molecule has 1 aromatic carbocycles. The smallest absolute Gasteiger partial charge is 0.320 e. The van der Waals surface area contributed by atoms with Gasteiger partial charge in [0.25, 0.3) is 0 Å². The maximum absolute atomic E-state index is 13.2. The highest BCUT2D eigenvalue weighted by molar-refractivity contribution is 5.73. The number of rotatable bonds is 6. The van der Waals surface area contributed by atoms with Crippen LogP contribution in [0.25, 0.3) is 11.5 Å².